The lowest BCUT2D eigenvalue weighted by Gasteiger charge is -2.40. The van der Waals surface area contributed by atoms with Gasteiger partial charge in [0, 0.05) is 24.7 Å². The second-order valence-electron chi connectivity index (χ2n) is 6.42. The Morgan fingerprint density at radius 1 is 1.21 bits per heavy atom. The first-order valence-electron chi connectivity index (χ1n) is 7.81. The Kier molecular flexibility index (Phi) is 5.22. The van der Waals surface area contributed by atoms with Gasteiger partial charge in [-0.25, -0.2) is 0 Å². The first-order chi connectivity index (χ1) is 9.08. The van der Waals surface area contributed by atoms with Crippen molar-refractivity contribution in [2.75, 3.05) is 26.7 Å². The molecular weight excluding hydrogens is 238 g/mol. The lowest BCUT2D eigenvalue weighted by molar-refractivity contribution is -0.138. The van der Waals surface area contributed by atoms with Crippen molar-refractivity contribution in [1.82, 2.24) is 15.1 Å². The van der Waals surface area contributed by atoms with Gasteiger partial charge in [0.25, 0.3) is 0 Å². The Hall–Kier alpha value is -0.610. The smallest absolute Gasteiger partial charge is 0.237 e. The normalized spacial score (nSPS) is 32.0. The fourth-order valence-electron chi connectivity index (χ4n) is 3.58. The number of carbonyl (C=O) groups excluding carboxylic acids is 1. The van der Waals surface area contributed by atoms with Gasteiger partial charge in [-0.3, -0.25) is 9.69 Å². The zero-order valence-electron chi connectivity index (χ0n) is 12.7. The van der Waals surface area contributed by atoms with Crippen molar-refractivity contribution in [3.05, 3.63) is 0 Å². The average molecular weight is 267 g/mol. The van der Waals surface area contributed by atoms with Crippen LogP contribution in [0.25, 0.3) is 0 Å². The molecule has 110 valence electrons. The van der Waals surface area contributed by atoms with Crippen molar-refractivity contribution in [3.8, 4) is 0 Å². The monoisotopic (exact) mass is 267 g/mol. The molecule has 0 bridgehead atoms. The number of likely N-dealkylation sites (tertiary alicyclic amines) is 1. The number of rotatable bonds is 4. The van der Waals surface area contributed by atoms with Crippen LogP contribution < -0.4 is 5.32 Å². The molecule has 1 amide bonds. The molecule has 2 heterocycles. The summed E-state index contributed by atoms with van der Waals surface area (Å²) in [6, 6.07) is 1.40. The van der Waals surface area contributed by atoms with E-state index < -0.39 is 0 Å². The topological polar surface area (TPSA) is 35.6 Å². The van der Waals surface area contributed by atoms with Gasteiger partial charge < -0.3 is 10.2 Å². The van der Waals surface area contributed by atoms with Gasteiger partial charge in [0.15, 0.2) is 0 Å². The van der Waals surface area contributed by atoms with E-state index >= 15 is 0 Å². The maximum atomic E-state index is 12.5. The van der Waals surface area contributed by atoms with Crippen LogP contribution in [0.2, 0.25) is 0 Å². The zero-order valence-corrected chi connectivity index (χ0v) is 12.7. The second kappa shape index (κ2) is 6.71. The van der Waals surface area contributed by atoms with Crippen LogP contribution in [0.4, 0.5) is 0 Å². The summed E-state index contributed by atoms with van der Waals surface area (Å²) in [4.78, 5) is 16.8. The number of nitrogens with zero attached hydrogens (tertiary/aromatic N) is 2. The van der Waals surface area contributed by atoms with Crippen molar-refractivity contribution in [2.45, 2.75) is 64.1 Å². The zero-order chi connectivity index (χ0) is 13.8. The number of amides is 1. The third kappa shape index (κ3) is 3.93. The summed E-state index contributed by atoms with van der Waals surface area (Å²) in [7, 11) is 2.07. The number of carbonyl (C=O) groups is 1. The number of hydrogen-bond acceptors (Lipinski definition) is 3. The van der Waals surface area contributed by atoms with E-state index in [-0.39, 0.29) is 0 Å². The fourth-order valence-corrected chi connectivity index (χ4v) is 3.58. The van der Waals surface area contributed by atoms with Crippen LogP contribution in [0, 0.1) is 0 Å². The number of hydrogen-bond donors (Lipinski definition) is 1. The van der Waals surface area contributed by atoms with Crippen LogP contribution in [-0.2, 0) is 4.79 Å². The highest BCUT2D eigenvalue weighted by molar-refractivity contribution is 5.79. The van der Waals surface area contributed by atoms with Crippen LogP contribution in [0.1, 0.15) is 46.0 Å². The van der Waals surface area contributed by atoms with Gasteiger partial charge in [-0.1, -0.05) is 0 Å². The third-order valence-electron chi connectivity index (χ3n) is 4.58. The largest absolute Gasteiger partial charge is 0.336 e. The molecule has 2 aliphatic rings. The summed E-state index contributed by atoms with van der Waals surface area (Å²) in [5.74, 6) is 0.306. The van der Waals surface area contributed by atoms with Crippen molar-refractivity contribution >= 4 is 5.91 Å². The van der Waals surface area contributed by atoms with Crippen LogP contribution in [0.15, 0.2) is 0 Å². The molecule has 0 aliphatic carbocycles. The lowest BCUT2D eigenvalue weighted by atomic mass is 9.97. The maximum Gasteiger partial charge on any atom is 0.237 e. The van der Waals surface area contributed by atoms with Gasteiger partial charge >= 0.3 is 0 Å². The molecule has 0 radical (unpaired) electrons. The highest BCUT2D eigenvalue weighted by Crippen LogP contribution is 2.22. The Labute approximate surface area is 117 Å². The highest BCUT2D eigenvalue weighted by Gasteiger charge is 2.29. The van der Waals surface area contributed by atoms with Gasteiger partial charge in [0.1, 0.15) is 0 Å². The Bertz CT molecular complexity index is 292. The van der Waals surface area contributed by atoms with Crippen molar-refractivity contribution in [1.29, 1.82) is 0 Å². The Morgan fingerprint density at radius 2 is 1.89 bits per heavy atom. The van der Waals surface area contributed by atoms with Crippen LogP contribution in [0.5, 0.6) is 0 Å². The fraction of sp³-hybridized carbons (Fsp3) is 0.933. The SMILES string of the molecule is CC1CCCC(C)N1C(=O)CN(C)CC1CCCN1. The Morgan fingerprint density at radius 3 is 2.47 bits per heavy atom. The first kappa shape index (κ1) is 14.8. The van der Waals surface area contributed by atoms with E-state index in [4.69, 9.17) is 0 Å². The van der Waals surface area contributed by atoms with Crippen molar-refractivity contribution < 1.29 is 4.79 Å². The molecule has 2 rings (SSSR count). The lowest BCUT2D eigenvalue weighted by Crippen LogP contribution is -2.51. The number of likely N-dealkylation sites (N-methyl/N-ethyl adjacent to an activating group) is 1. The third-order valence-corrected chi connectivity index (χ3v) is 4.58. The molecule has 3 atom stereocenters. The minimum atomic E-state index is 0.306. The van der Waals surface area contributed by atoms with Gasteiger partial charge in [-0.2, -0.15) is 0 Å². The number of piperidine rings is 1. The molecule has 19 heavy (non-hydrogen) atoms. The minimum absolute atomic E-state index is 0.306. The molecule has 4 nitrogen and oxygen atoms in total. The quantitative estimate of drug-likeness (QED) is 0.837. The van der Waals surface area contributed by atoms with E-state index in [0.29, 0.717) is 30.6 Å². The molecule has 1 N–H and O–H groups in total. The summed E-state index contributed by atoms with van der Waals surface area (Å²) in [5, 5.41) is 3.49. The molecule has 0 spiro atoms. The molecule has 0 aromatic carbocycles. The molecular formula is C15H29N3O. The highest BCUT2D eigenvalue weighted by atomic mass is 16.2. The summed E-state index contributed by atoms with van der Waals surface area (Å²) in [6.45, 7) is 7.06. The summed E-state index contributed by atoms with van der Waals surface area (Å²) < 4.78 is 0. The molecule has 2 saturated heterocycles. The molecule has 0 aromatic heterocycles. The maximum absolute atomic E-state index is 12.5. The summed E-state index contributed by atoms with van der Waals surface area (Å²) in [5.41, 5.74) is 0. The van der Waals surface area contributed by atoms with E-state index in [9.17, 15) is 4.79 Å². The van der Waals surface area contributed by atoms with Crippen molar-refractivity contribution in [3.63, 3.8) is 0 Å². The van der Waals surface area contributed by atoms with E-state index in [1.54, 1.807) is 0 Å². The van der Waals surface area contributed by atoms with Gasteiger partial charge in [0.05, 0.1) is 6.54 Å². The predicted molar refractivity (Wildman–Crippen MR) is 78.1 cm³/mol. The van der Waals surface area contributed by atoms with Crippen LogP contribution in [0.3, 0.4) is 0 Å². The second-order valence-corrected chi connectivity index (χ2v) is 6.42. The van der Waals surface area contributed by atoms with E-state index in [0.717, 1.165) is 25.9 Å². The standard InChI is InChI=1S/C15H29N3O/c1-12-6-4-7-13(2)18(12)15(19)11-17(3)10-14-8-5-9-16-14/h12-14,16H,4-11H2,1-3H3. The van der Waals surface area contributed by atoms with E-state index in [2.05, 4.69) is 36.0 Å². The molecule has 2 fully saturated rings. The molecule has 0 aromatic rings. The summed E-state index contributed by atoms with van der Waals surface area (Å²) >= 11 is 0. The molecule has 2 aliphatic heterocycles. The van der Waals surface area contributed by atoms with Gasteiger partial charge in [0.2, 0.25) is 5.91 Å². The first-order valence-corrected chi connectivity index (χ1v) is 7.81. The van der Waals surface area contributed by atoms with Crippen LogP contribution in [-0.4, -0.2) is 60.5 Å². The number of nitrogens with one attached hydrogen (secondary N) is 1. The molecule has 3 unspecified atom stereocenters. The summed E-state index contributed by atoms with van der Waals surface area (Å²) in [6.07, 6.45) is 6.09. The Balaban J connectivity index is 1.81. The van der Waals surface area contributed by atoms with Crippen LogP contribution >= 0.6 is 0 Å². The average Bonchev–Trinajstić information content (AvgIpc) is 2.81. The molecule has 0 saturated carbocycles. The predicted octanol–water partition coefficient (Wildman–Crippen LogP) is 1.46. The van der Waals surface area contributed by atoms with Crippen molar-refractivity contribution in [2.24, 2.45) is 0 Å². The minimum Gasteiger partial charge on any atom is -0.336 e. The van der Waals surface area contributed by atoms with E-state index in [1.165, 1.54) is 19.3 Å². The molecule has 4 heteroatoms. The van der Waals surface area contributed by atoms with E-state index in [1.807, 2.05) is 0 Å². The van der Waals surface area contributed by atoms with Gasteiger partial charge in [-0.15, -0.1) is 0 Å². The van der Waals surface area contributed by atoms with Gasteiger partial charge in [-0.05, 0) is 59.5 Å².